The molecule has 1 unspecified atom stereocenters. The summed E-state index contributed by atoms with van der Waals surface area (Å²) < 4.78 is 5.48. The topological polar surface area (TPSA) is 75.7 Å². The number of ether oxygens (including phenoxy) is 1. The van der Waals surface area contributed by atoms with E-state index in [2.05, 4.69) is 35.6 Å². The molecule has 1 atom stereocenters. The van der Waals surface area contributed by atoms with E-state index in [1.54, 1.807) is 0 Å². The molecule has 0 spiro atoms. The largest absolute Gasteiger partial charge is 0.460 e. The summed E-state index contributed by atoms with van der Waals surface area (Å²) in [6.45, 7) is 8.13. The molecule has 1 N–H and O–H groups in total. The van der Waals surface area contributed by atoms with Gasteiger partial charge < -0.3 is 15.0 Å². The molecule has 1 saturated carbocycles. The summed E-state index contributed by atoms with van der Waals surface area (Å²) in [5, 5.41) is 3.24. The van der Waals surface area contributed by atoms with Crippen LogP contribution in [0.15, 0.2) is 66.7 Å². The summed E-state index contributed by atoms with van der Waals surface area (Å²) in [6, 6.07) is 22.3. The van der Waals surface area contributed by atoms with Crippen molar-refractivity contribution in [2.45, 2.75) is 97.1 Å². The second-order valence-electron chi connectivity index (χ2n) is 13.0. The van der Waals surface area contributed by atoms with Gasteiger partial charge in [-0.15, -0.1) is 0 Å². The highest BCUT2D eigenvalue weighted by atomic mass is 16.6. The number of nitrogens with zero attached hydrogens (tertiary/aromatic N) is 1. The van der Waals surface area contributed by atoms with Crippen LogP contribution in [0.2, 0.25) is 0 Å². The minimum absolute atomic E-state index is 0.00665. The lowest BCUT2D eigenvalue weighted by Gasteiger charge is -2.29. The summed E-state index contributed by atoms with van der Waals surface area (Å²) in [7, 11) is 0. The summed E-state index contributed by atoms with van der Waals surface area (Å²) in [5.74, 6) is -0.0300. The maximum Gasteiger partial charge on any atom is 0.306 e. The van der Waals surface area contributed by atoms with Gasteiger partial charge in [0.1, 0.15) is 5.60 Å². The number of amides is 2. The van der Waals surface area contributed by atoms with Gasteiger partial charge in [-0.25, -0.2) is 0 Å². The number of fused-ring (bicyclic) bond motifs is 1. The van der Waals surface area contributed by atoms with Crippen molar-refractivity contribution < 1.29 is 19.1 Å². The van der Waals surface area contributed by atoms with Crippen LogP contribution in [-0.2, 0) is 38.5 Å². The lowest BCUT2D eigenvalue weighted by Crippen LogP contribution is -2.34. The number of benzene rings is 3. The molecule has 226 valence electrons. The van der Waals surface area contributed by atoms with Crippen LogP contribution in [-0.4, -0.2) is 23.4 Å². The Bertz CT molecular complexity index is 1460. The molecule has 0 aromatic heterocycles. The Morgan fingerprint density at radius 3 is 2.40 bits per heavy atom. The molecule has 1 fully saturated rings. The van der Waals surface area contributed by atoms with Gasteiger partial charge in [0.25, 0.3) is 0 Å². The molecular weight excluding hydrogens is 536 g/mol. The smallest absolute Gasteiger partial charge is 0.306 e. The summed E-state index contributed by atoms with van der Waals surface area (Å²) in [6.07, 6.45) is 6.52. The first-order chi connectivity index (χ1) is 20.6. The zero-order chi connectivity index (χ0) is 30.6. The minimum Gasteiger partial charge on any atom is -0.460 e. The highest BCUT2D eigenvalue weighted by Crippen LogP contribution is 2.39. The number of nitrogens with one attached hydrogen (secondary N) is 1. The Balaban J connectivity index is 1.30. The third-order valence-corrected chi connectivity index (χ3v) is 8.75. The van der Waals surface area contributed by atoms with Gasteiger partial charge >= 0.3 is 5.97 Å². The fourth-order valence-electron chi connectivity index (χ4n) is 6.54. The first-order valence-electron chi connectivity index (χ1n) is 15.7. The number of esters is 1. The van der Waals surface area contributed by atoms with Crippen LogP contribution in [0, 0.1) is 12.8 Å². The lowest BCUT2D eigenvalue weighted by molar-refractivity contribution is -0.154. The second-order valence-corrected chi connectivity index (χ2v) is 13.0. The van der Waals surface area contributed by atoms with Gasteiger partial charge in [-0.05, 0) is 99.2 Å². The highest BCUT2D eigenvalue weighted by molar-refractivity contribution is 5.97. The SMILES string of the molecule is Cc1c(CCC(=O)OC(C)(C)C)cccc1NC(=O)C(c1ccc(CN2C(=O)CCc3ccccc32)cc1)C1CCCC1. The zero-order valence-electron chi connectivity index (χ0n) is 25.9. The van der Waals surface area contributed by atoms with Crippen LogP contribution < -0.4 is 10.2 Å². The maximum atomic E-state index is 13.9. The zero-order valence-corrected chi connectivity index (χ0v) is 25.9. The number of para-hydroxylation sites is 1. The monoisotopic (exact) mass is 580 g/mol. The molecule has 2 aliphatic rings. The number of carbonyl (C=O) groups is 3. The normalized spacial score (nSPS) is 16.1. The number of rotatable bonds is 9. The van der Waals surface area contributed by atoms with Crippen LogP contribution in [0.1, 0.15) is 93.0 Å². The van der Waals surface area contributed by atoms with E-state index in [4.69, 9.17) is 4.74 Å². The summed E-state index contributed by atoms with van der Waals surface area (Å²) in [5.41, 5.74) is 6.55. The summed E-state index contributed by atoms with van der Waals surface area (Å²) in [4.78, 5) is 40.9. The molecule has 3 aromatic carbocycles. The third kappa shape index (κ3) is 7.54. The molecule has 2 amide bonds. The minimum atomic E-state index is -0.508. The van der Waals surface area contributed by atoms with Crippen molar-refractivity contribution in [3.05, 3.63) is 94.5 Å². The third-order valence-electron chi connectivity index (χ3n) is 8.75. The molecule has 1 aliphatic heterocycles. The predicted molar refractivity (Wildman–Crippen MR) is 171 cm³/mol. The van der Waals surface area contributed by atoms with Crippen molar-refractivity contribution in [1.82, 2.24) is 0 Å². The van der Waals surface area contributed by atoms with Crippen LogP contribution in [0.5, 0.6) is 0 Å². The van der Waals surface area contributed by atoms with Crippen molar-refractivity contribution >= 4 is 29.2 Å². The van der Waals surface area contributed by atoms with E-state index < -0.39 is 5.60 Å². The second kappa shape index (κ2) is 13.2. The first kappa shape index (κ1) is 30.5. The Hall–Kier alpha value is -3.93. The number of aryl methyl sites for hydroxylation is 2. The molecule has 1 aliphatic carbocycles. The quantitative estimate of drug-likeness (QED) is 0.264. The molecule has 3 aromatic rings. The van der Waals surface area contributed by atoms with Crippen LogP contribution in [0.3, 0.4) is 0 Å². The Kier molecular flexibility index (Phi) is 9.34. The average Bonchev–Trinajstić information content (AvgIpc) is 3.49. The Morgan fingerprint density at radius 1 is 0.953 bits per heavy atom. The molecule has 5 rings (SSSR count). The number of hydrogen-bond acceptors (Lipinski definition) is 4. The molecule has 0 radical (unpaired) electrons. The maximum absolute atomic E-state index is 13.9. The standard InChI is InChI=1S/C37H44N2O4/c1-25-27(21-23-34(41)43-37(2,3)4)13-9-14-31(25)38-36(42)35(29-11-5-6-12-29)30-18-16-26(17-19-30)24-39-32-15-8-7-10-28(32)20-22-33(39)40/h7-10,13-19,29,35H,5-6,11-12,20-24H2,1-4H3,(H,38,42). The van der Waals surface area contributed by atoms with Crippen molar-refractivity contribution in [3.63, 3.8) is 0 Å². The van der Waals surface area contributed by atoms with Gasteiger partial charge in [0.05, 0.1) is 12.5 Å². The number of hydrogen-bond donors (Lipinski definition) is 1. The molecule has 0 saturated heterocycles. The molecule has 6 nitrogen and oxygen atoms in total. The molecule has 0 bridgehead atoms. The fourth-order valence-corrected chi connectivity index (χ4v) is 6.54. The van der Waals surface area contributed by atoms with Gasteiger partial charge in [-0.2, -0.15) is 0 Å². The molecule has 1 heterocycles. The fraction of sp³-hybridized carbons (Fsp3) is 0.432. The van der Waals surface area contributed by atoms with Gasteiger partial charge in [0.15, 0.2) is 0 Å². The van der Waals surface area contributed by atoms with Crippen molar-refractivity contribution in [3.8, 4) is 0 Å². The first-order valence-corrected chi connectivity index (χ1v) is 15.7. The van der Waals surface area contributed by atoms with E-state index >= 15 is 0 Å². The Morgan fingerprint density at radius 2 is 1.67 bits per heavy atom. The predicted octanol–water partition coefficient (Wildman–Crippen LogP) is 7.66. The van der Waals surface area contributed by atoms with Crippen LogP contribution >= 0.6 is 0 Å². The highest BCUT2D eigenvalue weighted by Gasteiger charge is 2.32. The van der Waals surface area contributed by atoms with Crippen molar-refractivity contribution in [2.75, 3.05) is 10.2 Å². The van der Waals surface area contributed by atoms with E-state index in [9.17, 15) is 14.4 Å². The molecule has 6 heteroatoms. The Labute approximate surface area is 255 Å². The van der Waals surface area contributed by atoms with E-state index in [1.807, 2.05) is 69.0 Å². The van der Waals surface area contributed by atoms with Gasteiger partial charge in [0, 0.05) is 24.2 Å². The van der Waals surface area contributed by atoms with Gasteiger partial charge in [-0.1, -0.05) is 67.4 Å². The van der Waals surface area contributed by atoms with Gasteiger partial charge in [0.2, 0.25) is 11.8 Å². The van der Waals surface area contributed by atoms with Gasteiger partial charge in [-0.3, -0.25) is 14.4 Å². The van der Waals surface area contributed by atoms with Crippen molar-refractivity contribution in [2.24, 2.45) is 5.92 Å². The number of anilines is 2. The van der Waals surface area contributed by atoms with E-state index in [1.165, 1.54) is 5.56 Å². The van der Waals surface area contributed by atoms with E-state index in [0.717, 1.165) is 65.7 Å². The van der Waals surface area contributed by atoms with E-state index in [0.29, 0.717) is 25.8 Å². The van der Waals surface area contributed by atoms with Crippen LogP contribution in [0.4, 0.5) is 11.4 Å². The summed E-state index contributed by atoms with van der Waals surface area (Å²) >= 11 is 0. The number of carbonyl (C=O) groups excluding carboxylic acids is 3. The van der Waals surface area contributed by atoms with E-state index in [-0.39, 0.29) is 29.6 Å². The lowest BCUT2D eigenvalue weighted by atomic mass is 9.83. The van der Waals surface area contributed by atoms with Crippen LogP contribution in [0.25, 0.3) is 0 Å². The average molecular weight is 581 g/mol. The molecular formula is C37H44N2O4. The molecule has 43 heavy (non-hydrogen) atoms. The van der Waals surface area contributed by atoms with Crippen molar-refractivity contribution in [1.29, 1.82) is 0 Å².